The Balaban J connectivity index is 1.41. The number of benzene rings is 4. The molecular formula is C32H33NO3. The molecule has 5 rings (SSSR count). The molecule has 4 nitrogen and oxygen atoms in total. The minimum absolute atomic E-state index is 0.0109. The molecule has 0 radical (unpaired) electrons. The summed E-state index contributed by atoms with van der Waals surface area (Å²) in [4.78, 5) is 16.3. The minimum atomic E-state index is 0.0109. The molecule has 4 heteroatoms. The Kier molecular flexibility index (Phi) is 7.63. The van der Waals surface area contributed by atoms with Crippen molar-refractivity contribution in [2.75, 3.05) is 32.8 Å². The quantitative estimate of drug-likeness (QED) is 0.230. The molecule has 0 saturated carbocycles. The third-order valence-corrected chi connectivity index (χ3v) is 6.79. The Morgan fingerprint density at radius 1 is 0.778 bits per heavy atom. The van der Waals surface area contributed by atoms with E-state index in [0.29, 0.717) is 18.8 Å². The van der Waals surface area contributed by atoms with Gasteiger partial charge in [0.1, 0.15) is 18.1 Å². The first-order chi connectivity index (χ1) is 17.7. The third kappa shape index (κ3) is 5.44. The van der Waals surface area contributed by atoms with Gasteiger partial charge in [0.25, 0.3) is 0 Å². The summed E-state index contributed by atoms with van der Waals surface area (Å²) in [5, 5.41) is 2.01. The van der Waals surface area contributed by atoms with E-state index >= 15 is 0 Å². The Bertz CT molecular complexity index is 1310. The second-order valence-corrected chi connectivity index (χ2v) is 9.33. The molecule has 0 spiro atoms. The zero-order valence-electron chi connectivity index (χ0n) is 20.9. The maximum Gasteiger partial charge on any atom is 0.194 e. The van der Waals surface area contributed by atoms with Gasteiger partial charge in [-0.2, -0.15) is 0 Å². The van der Waals surface area contributed by atoms with Crippen LogP contribution in [0, 0.1) is 0 Å². The minimum Gasteiger partial charge on any atom is -0.494 e. The summed E-state index contributed by atoms with van der Waals surface area (Å²) < 4.78 is 11.7. The van der Waals surface area contributed by atoms with E-state index in [1.165, 1.54) is 25.9 Å². The molecule has 1 fully saturated rings. The number of rotatable bonds is 10. The smallest absolute Gasteiger partial charge is 0.194 e. The highest BCUT2D eigenvalue weighted by atomic mass is 16.5. The normalized spacial score (nSPS) is 13.7. The van der Waals surface area contributed by atoms with Crippen LogP contribution in [0.5, 0.6) is 11.5 Å². The summed E-state index contributed by atoms with van der Waals surface area (Å²) in [5.74, 6) is 1.65. The summed E-state index contributed by atoms with van der Waals surface area (Å²) in [5.41, 5.74) is 3.29. The number of ketones is 1. The molecule has 36 heavy (non-hydrogen) atoms. The molecule has 1 heterocycles. The summed E-state index contributed by atoms with van der Waals surface area (Å²) in [7, 11) is 0. The van der Waals surface area contributed by atoms with E-state index in [4.69, 9.17) is 9.47 Å². The van der Waals surface area contributed by atoms with Crippen LogP contribution in [-0.2, 0) is 0 Å². The monoisotopic (exact) mass is 479 g/mol. The number of likely N-dealkylation sites (tertiary alicyclic amines) is 1. The van der Waals surface area contributed by atoms with E-state index < -0.39 is 0 Å². The molecule has 4 aromatic carbocycles. The highest BCUT2D eigenvalue weighted by molar-refractivity contribution is 6.20. The maximum absolute atomic E-state index is 13.9. The van der Waals surface area contributed by atoms with Gasteiger partial charge >= 0.3 is 0 Å². The van der Waals surface area contributed by atoms with Gasteiger partial charge in [0.15, 0.2) is 5.78 Å². The molecule has 0 unspecified atom stereocenters. The molecule has 0 aromatic heterocycles. The third-order valence-electron chi connectivity index (χ3n) is 6.79. The van der Waals surface area contributed by atoms with Crippen molar-refractivity contribution in [3.05, 3.63) is 96.1 Å². The fraction of sp³-hybridized carbons (Fsp3) is 0.281. The predicted molar refractivity (Wildman–Crippen MR) is 146 cm³/mol. The number of nitrogens with zero attached hydrogens (tertiary/aromatic N) is 1. The van der Waals surface area contributed by atoms with Gasteiger partial charge in [0, 0.05) is 17.7 Å². The number of hydrogen-bond donors (Lipinski definition) is 0. The summed E-state index contributed by atoms with van der Waals surface area (Å²) in [6.45, 7) is 6.73. The average Bonchev–Trinajstić information content (AvgIpc) is 3.45. The van der Waals surface area contributed by atoms with Crippen molar-refractivity contribution in [3.63, 3.8) is 0 Å². The van der Waals surface area contributed by atoms with Crippen LogP contribution in [0.2, 0.25) is 0 Å². The molecule has 0 N–H and O–H groups in total. The Hall–Kier alpha value is -3.63. The van der Waals surface area contributed by atoms with E-state index in [-0.39, 0.29) is 5.78 Å². The van der Waals surface area contributed by atoms with Gasteiger partial charge in [0.2, 0.25) is 0 Å². The van der Waals surface area contributed by atoms with Gasteiger partial charge in [-0.1, -0.05) is 55.5 Å². The number of fused-ring (bicyclic) bond motifs is 1. The highest BCUT2D eigenvalue weighted by Gasteiger charge is 2.19. The first-order valence-electron chi connectivity index (χ1n) is 13.0. The molecule has 1 aliphatic rings. The lowest BCUT2D eigenvalue weighted by atomic mass is 9.89. The standard InChI is InChI=1S/C32H33NO3/c1-2-22-35-27-14-9-25(10-15-27)30-18-13-24-7-3-4-8-29(24)31(30)32(34)26-11-16-28(17-12-26)36-23-21-33-19-5-6-20-33/h3-4,7-18H,2,5-6,19-23H2,1H3. The van der Waals surface area contributed by atoms with Crippen LogP contribution in [-0.4, -0.2) is 43.5 Å². The van der Waals surface area contributed by atoms with Gasteiger partial charge < -0.3 is 9.47 Å². The van der Waals surface area contributed by atoms with Gasteiger partial charge in [-0.15, -0.1) is 0 Å². The number of carbonyl (C=O) groups excluding carboxylic acids is 1. The van der Waals surface area contributed by atoms with E-state index in [1.807, 2.05) is 72.8 Å². The fourth-order valence-electron chi connectivity index (χ4n) is 4.85. The van der Waals surface area contributed by atoms with E-state index in [2.05, 4.69) is 24.0 Å². The van der Waals surface area contributed by atoms with E-state index in [1.54, 1.807) is 0 Å². The largest absolute Gasteiger partial charge is 0.494 e. The number of hydrogen-bond acceptors (Lipinski definition) is 4. The van der Waals surface area contributed by atoms with Crippen molar-refractivity contribution in [1.82, 2.24) is 4.90 Å². The lowest BCUT2D eigenvalue weighted by Crippen LogP contribution is -2.25. The SMILES string of the molecule is CCCOc1ccc(-c2ccc3ccccc3c2C(=O)c2ccc(OCCN3CCCC3)cc2)cc1. The number of ether oxygens (including phenoxy) is 2. The van der Waals surface area contributed by atoms with Crippen LogP contribution in [0.25, 0.3) is 21.9 Å². The first kappa shape index (κ1) is 24.1. The second kappa shape index (κ2) is 11.4. The van der Waals surface area contributed by atoms with Crippen molar-refractivity contribution in [3.8, 4) is 22.6 Å². The van der Waals surface area contributed by atoms with Crippen molar-refractivity contribution in [2.45, 2.75) is 26.2 Å². The van der Waals surface area contributed by atoms with E-state index in [0.717, 1.165) is 51.9 Å². The molecule has 0 amide bonds. The molecule has 184 valence electrons. The van der Waals surface area contributed by atoms with Gasteiger partial charge in [0.05, 0.1) is 6.61 Å². The summed E-state index contributed by atoms with van der Waals surface area (Å²) >= 11 is 0. The highest BCUT2D eigenvalue weighted by Crippen LogP contribution is 2.33. The molecule has 1 aliphatic heterocycles. The van der Waals surface area contributed by atoms with Crippen LogP contribution >= 0.6 is 0 Å². The van der Waals surface area contributed by atoms with Crippen LogP contribution < -0.4 is 9.47 Å². The predicted octanol–water partition coefficient (Wildman–Crippen LogP) is 7.00. The zero-order valence-corrected chi connectivity index (χ0v) is 20.9. The van der Waals surface area contributed by atoms with E-state index in [9.17, 15) is 4.79 Å². The van der Waals surface area contributed by atoms with Crippen LogP contribution in [0.1, 0.15) is 42.1 Å². The molecule has 0 atom stereocenters. The summed E-state index contributed by atoms with van der Waals surface area (Å²) in [6.07, 6.45) is 3.53. The van der Waals surface area contributed by atoms with Crippen molar-refractivity contribution >= 4 is 16.6 Å². The van der Waals surface area contributed by atoms with Gasteiger partial charge in [-0.25, -0.2) is 0 Å². The fourth-order valence-corrected chi connectivity index (χ4v) is 4.85. The topological polar surface area (TPSA) is 38.8 Å². The second-order valence-electron chi connectivity index (χ2n) is 9.33. The average molecular weight is 480 g/mol. The van der Waals surface area contributed by atoms with Crippen LogP contribution in [0.3, 0.4) is 0 Å². The Morgan fingerprint density at radius 2 is 1.44 bits per heavy atom. The van der Waals surface area contributed by atoms with Crippen molar-refractivity contribution < 1.29 is 14.3 Å². The van der Waals surface area contributed by atoms with Crippen LogP contribution in [0.4, 0.5) is 0 Å². The molecule has 0 bridgehead atoms. The zero-order chi connectivity index (χ0) is 24.7. The molecule has 4 aromatic rings. The maximum atomic E-state index is 13.9. The lowest BCUT2D eigenvalue weighted by molar-refractivity contribution is 0.104. The lowest BCUT2D eigenvalue weighted by Gasteiger charge is -2.15. The first-order valence-corrected chi connectivity index (χ1v) is 13.0. The number of carbonyl (C=O) groups is 1. The van der Waals surface area contributed by atoms with Gasteiger partial charge in [-0.05, 0) is 90.6 Å². The molecular weight excluding hydrogens is 446 g/mol. The molecule has 1 saturated heterocycles. The Labute approximate surface area is 213 Å². The van der Waals surface area contributed by atoms with Crippen LogP contribution in [0.15, 0.2) is 84.9 Å². The summed E-state index contributed by atoms with van der Waals surface area (Å²) in [6, 6.07) is 27.8. The molecule has 0 aliphatic carbocycles. The van der Waals surface area contributed by atoms with Crippen molar-refractivity contribution in [2.24, 2.45) is 0 Å². The Morgan fingerprint density at radius 3 is 2.17 bits per heavy atom. The van der Waals surface area contributed by atoms with Crippen molar-refractivity contribution in [1.29, 1.82) is 0 Å². The van der Waals surface area contributed by atoms with Gasteiger partial charge in [-0.3, -0.25) is 9.69 Å².